The SMILES string of the molecule is CNCC1CCCc2c(Br)ncn21. The van der Waals surface area contributed by atoms with E-state index in [0.29, 0.717) is 6.04 Å². The van der Waals surface area contributed by atoms with Crippen LogP contribution in [0.3, 0.4) is 0 Å². The molecule has 0 saturated heterocycles. The van der Waals surface area contributed by atoms with Gasteiger partial charge in [-0.1, -0.05) is 0 Å². The summed E-state index contributed by atoms with van der Waals surface area (Å²) in [4.78, 5) is 4.28. The number of likely N-dealkylation sites (N-methyl/N-ethyl adjacent to an activating group) is 1. The minimum absolute atomic E-state index is 0.590. The number of nitrogens with zero attached hydrogens (tertiary/aromatic N) is 2. The van der Waals surface area contributed by atoms with E-state index in [-0.39, 0.29) is 0 Å². The largest absolute Gasteiger partial charge is 0.329 e. The maximum atomic E-state index is 4.28. The Kier molecular flexibility index (Phi) is 2.69. The van der Waals surface area contributed by atoms with Crippen molar-refractivity contribution in [2.24, 2.45) is 0 Å². The van der Waals surface area contributed by atoms with Crippen molar-refractivity contribution < 1.29 is 0 Å². The van der Waals surface area contributed by atoms with Gasteiger partial charge in [-0.3, -0.25) is 0 Å². The van der Waals surface area contributed by atoms with Crippen LogP contribution in [0.2, 0.25) is 0 Å². The lowest BCUT2D eigenvalue weighted by Crippen LogP contribution is -2.26. The Bertz CT molecular complexity index is 295. The summed E-state index contributed by atoms with van der Waals surface area (Å²) in [5.41, 5.74) is 1.35. The van der Waals surface area contributed by atoms with E-state index in [2.05, 4.69) is 30.8 Å². The van der Waals surface area contributed by atoms with Crippen LogP contribution < -0.4 is 5.32 Å². The van der Waals surface area contributed by atoms with Gasteiger partial charge in [0, 0.05) is 12.6 Å². The number of halogens is 1. The zero-order chi connectivity index (χ0) is 9.26. The molecule has 0 spiro atoms. The molecule has 1 aromatic heterocycles. The van der Waals surface area contributed by atoms with E-state index >= 15 is 0 Å². The van der Waals surface area contributed by atoms with Crippen LogP contribution in [0.4, 0.5) is 0 Å². The molecule has 13 heavy (non-hydrogen) atoms. The van der Waals surface area contributed by atoms with Crippen LogP contribution in [0.1, 0.15) is 24.6 Å². The minimum Gasteiger partial charge on any atom is -0.329 e. The van der Waals surface area contributed by atoms with Crippen LogP contribution in [-0.4, -0.2) is 23.1 Å². The molecule has 4 heteroatoms. The Morgan fingerprint density at radius 3 is 3.38 bits per heavy atom. The summed E-state index contributed by atoms with van der Waals surface area (Å²) in [5.74, 6) is 0. The lowest BCUT2D eigenvalue weighted by molar-refractivity contribution is 0.389. The molecule has 1 aromatic rings. The molecule has 1 atom stereocenters. The van der Waals surface area contributed by atoms with Crippen molar-refractivity contribution in [3.05, 3.63) is 16.6 Å². The molecule has 2 rings (SSSR count). The number of aromatic nitrogens is 2. The molecule has 0 aromatic carbocycles. The van der Waals surface area contributed by atoms with E-state index in [1.165, 1.54) is 18.5 Å². The smallest absolute Gasteiger partial charge is 0.127 e. The predicted molar refractivity (Wildman–Crippen MR) is 55.8 cm³/mol. The van der Waals surface area contributed by atoms with Gasteiger partial charge >= 0.3 is 0 Å². The molecule has 1 aliphatic heterocycles. The fourth-order valence-corrected chi connectivity index (χ4v) is 2.49. The third-order valence-corrected chi connectivity index (χ3v) is 3.29. The fourth-order valence-electron chi connectivity index (χ4n) is 1.99. The molecule has 1 aliphatic rings. The number of rotatable bonds is 2. The molecular formula is C9H14BrN3. The van der Waals surface area contributed by atoms with Crippen molar-refractivity contribution in [2.45, 2.75) is 25.3 Å². The lowest BCUT2D eigenvalue weighted by atomic mass is 10.0. The van der Waals surface area contributed by atoms with Crippen molar-refractivity contribution in [3.8, 4) is 0 Å². The Morgan fingerprint density at radius 1 is 1.77 bits per heavy atom. The molecule has 0 radical (unpaired) electrons. The molecular weight excluding hydrogens is 230 g/mol. The Morgan fingerprint density at radius 2 is 2.62 bits per heavy atom. The first kappa shape index (κ1) is 9.21. The second-order valence-electron chi connectivity index (χ2n) is 3.49. The number of fused-ring (bicyclic) bond motifs is 1. The van der Waals surface area contributed by atoms with E-state index < -0.39 is 0 Å². The van der Waals surface area contributed by atoms with Crippen molar-refractivity contribution >= 4 is 15.9 Å². The number of hydrogen-bond acceptors (Lipinski definition) is 2. The average Bonchev–Trinajstić information content (AvgIpc) is 2.50. The average molecular weight is 244 g/mol. The summed E-state index contributed by atoms with van der Waals surface area (Å²) in [5, 5.41) is 3.22. The summed E-state index contributed by atoms with van der Waals surface area (Å²) < 4.78 is 3.32. The highest BCUT2D eigenvalue weighted by atomic mass is 79.9. The first-order valence-corrected chi connectivity index (χ1v) is 5.48. The van der Waals surface area contributed by atoms with Crippen molar-refractivity contribution in [3.63, 3.8) is 0 Å². The van der Waals surface area contributed by atoms with Gasteiger partial charge in [0.2, 0.25) is 0 Å². The first-order valence-electron chi connectivity index (χ1n) is 4.68. The van der Waals surface area contributed by atoms with E-state index in [1.807, 2.05) is 13.4 Å². The van der Waals surface area contributed by atoms with E-state index in [4.69, 9.17) is 0 Å². The molecule has 0 bridgehead atoms. The fraction of sp³-hybridized carbons (Fsp3) is 0.667. The van der Waals surface area contributed by atoms with Crippen LogP contribution in [-0.2, 0) is 6.42 Å². The summed E-state index contributed by atoms with van der Waals surface area (Å²) in [7, 11) is 2.00. The van der Waals surface area contributed by atoms with Crippen molar-refractivity contribution in [2.75, 3.05) is 13.6 Å². The molecule has 0 saturated carbocycles. The van der Waals surface area contributed by atoms with E-state index in [1.54, 1.807) is 0 Å². The minimum atomic E-state index is 0.590. The molecule has 3 nitrogen and oxygen atoms in total. The van der Waals surface area contributed by atoms with Gasteiger partial charge in [-0.2, -0.15) is 0 Å². The quantitative estimate of drug-likeness (QED) is 0.858. The van der Waals surface area contributed by atoms with Crippen LogP contribution in [0, 0.1) is 0 Å². The van der Waals surface area contributed by atoms with Crippen molar-refractivity contribution in [1.82, 2.24) is 14.9 Å². The standard InChI is InChI=1S/C9H14BrN3/c1-11-5-7-3-2-4-8-9(10)12-6-13(7)8/h6-7,11H,2-5H2,1H3. The van der Waals surface area contributed by atoms with Crippen LogP contribution in [0.5, 0.6) is 0 Å². The van der Waals surface area contributed by atoms with Gasteiger partial charge < -0.3 is 9.88 Å². The van der Waals surface area contributed by atoms with Gasteiger partial charge in [0.25, 0.3) is 0 Å². The molecule has 72 valence electrons. The highest BCUT2D eigenvalue weighted by Gasteiger charge is 2.20. The van der Waals surface area contributed by atoms with E-state index in [0.717, 1.165) is 17.6 Å². The summed E-state index contributed by atoms with van der Waals surface area (Å²) >= 11 is 3.48. The van der Waals surface area contributed by atoms with Gasteiger partial charge in [-0.25, -0.2) is 4.98 Å². The summed E-state index contributed by atoms with van der Waals surface area (Å²) in [6, 6.07) is 0.590. The van der Waals surface area contributed by atoms with Crippen LogP contribution in [0.15, 0.2) is 10.9 Å². The predicted octanol–water partition coefficient (Wildman–Crippen LogP) is 1.74. The van der Waals surface area contributed by atoms with Gasteiger partial charge in [-0.15, -0.1) is 0 Å². The number of nitrogens with one attached hydrogen (secondary N) is 1. The second-order valence-corrected chi connectivity index (χ2v) is 4.24. The van der Waals surface area contributed by atoms with Gasteiger partial charge in [0.15, 0.2) is 0 Å². The topological polar surface area (TPSA) is 29.9 Å². The highest BCUT2D eigenvalue weighted by molar-refractivity contribution is 9.10. The number of hydrogen-bond donors (Lipinski definition) is 1. The van der Waals surface area contributed by atoms with Crippen LogP contribution >= 0.6 is 15.9 Å². The highest BCUT2D eigenvalue weighted by Crippen LogP contribution is 2.28. The number of imidazole rings is 1. The maximum Gasteiger partial charge on any atom is 0.127 e. The first-order chi connectivity index (χ1) is 6.33. The normalized spacial score (nSPS) is 21.5. The summed E-state index contributed by atoms with van der Waals surface area (Å²) in [6.45, 7) is 1.04. The molecule has 1 unspecified atom stereocenters. The van der Waals surface area contributed by atoms with Gasteiger partial charge in [0.05, 0.1) is 12.0 Å². The maximum absolute atomic E-state index is 4.28. The molecule has 0 fully saturated rings. The zero-order valence-corrected chi connectivity index (χ0v) is 9.34. The van der Waals surface area contributed by atoms with Gasteiger partial charge in [-0.05, 0) is 42.2 Å². The Labute approximate surface area is 86.7 Å². The molecule has 0 amide bonds. The second kappa shape index (κ2) is 3.80. The molecule has 1 N–H and O–H groups in total. The van der Waals surface area contributed by atoms with E-state index in [9.17, 15) is 0 Å². The zero-order valence-electron chi connectivity index (χ0n) is 7.76. The third-order valence-electron chi connectivity index (χ3n) is 2.63. The third kappa shape index (κ3) is 1.65. The summed E-state index contributed by atoms with van der Waals surface area (Å²) in [6.07, 6.45) is 5.63. The van der Waals surface area contributed by atoms with Gasteiger partial charge in [0.1, 0.15) is 4.60 Å². The lowest BCUT2D eigenvalue weighted by Gasteiger charge is -2.25. The Hall–Kier alpha value is -0.350. The van der Waals surface area contributed by atoms with Crippen LogP contribution in [0.25, 0.3) is 0 Å². The Balaban J connectivity index is 2.27. The van der Waals surface area contributed by atoms with Crippen molar-refractivity contribution in [1.29, 1.82) is 0 Å². The monoisotopic (exact) mass is 243 g/mol. The molecule has 2 heterocycles. The molecule has 0 aliphatic carbocycles.